The van der Waals surface area contributed by atoms with Crippen LogP contribution in [0.5, 0.6) is 5.75 Å². The van der Waals surface area contributed by atoms with Gasteiger partial charge >= 0.3 is 5.97 Å². The molecule has 2 rings (SSSR count). The molecule has 8 nitrogen and oxygen atoms in total. The van der Waals surface area contributed by atoms with Gasteiger partial charge in [-0.2, -0.15) is 0 Å². The number of nitrogen functional groups attached to an aromatic ring is 1. The van der Waals surface area contributed by atoms with Crippen LogP contribution in [0.25, 0.3) is 0 Å². The number of nitrogens with one attached hydrogen (secondary N) is 2. The second-order valence-corrected chi connectivity index (χ2v) is 6.19. The lowest BCUT2D eigenvalue weighted by molar-refractivity contribution is -0.141. The van der Waals surface area contributed by atoms with Crippen LogP contribution >= 0.6 is 12.4 Å². The second kappa shape index (κ2) is 11.8. The molecule has 0 amide bonds. The van der Waals surface area contributed by atoms with E-state index in [4.69, 9.17) is 25.7 Å². The Morgan fingerprint density at radius 2 is 1.80 bits per heavy atom. The number of hydrogen-bond acceptors (Lipinski definition) is 7. The number of benzene rings is 2. The molecule has 0 spiro atoms. The van der Waals surface area contributed by atoms with Crippen molar-refractivity contribution in [2.75, 3.05) is 25.6 Å². The molecule has 162 valence electrons. The van der Waals surface area contributed by atoms with Gasteiger partial charge in [-0.3, -0.25) is 10.2 Å². The van der Waals surface area contributed by atoms with Gasteiger partial charge in [-0.05, 0) is 42.5 Å². The third-order valence-corrected chi connectivity index (χ3v) is 4.26. The summed E-state index contributed by atoms with van der Waals surface area (Å²) in [6.07, 6.45) is 0.319. The van der Waals surface area contributed by atoms with Crippen LogP contribution in [0, 0.1) is 5.41 Å². The number of halogens is 1. The van der Waals surface area contributed by atoms with Crippen LogP contribution < -0.4 is 15.8 Å². The molecule has 5 N–H and O–H groups in total. The first-order chi connectivity index (χ1) is 13.9. The van der Waals surface area contributed by atoms with E-state index in [0.29, 0.717) is 34.5 Å². The SMILES string of the molecule is CCC(=O)c1ccc(OCCO)c(C(Nc2ccc(C(=N)N)cc2)C(=O)OC)c1.Cl. The standard InChI is InChI=1S/C21H25N3O5.ClH/c1-3-17(26)14-6-9-18(29-11-10-25)16(12-14)19(21(27)28-2)24-15-7-4-13(5-8-15)20(22)23;/h4-9,12,19,24-25H,3,10-11H2,1-2H3,(H3,22,23);1H. The summed E-state index contributed by atoms with van der Waals surface area (Å²) in [6, 6.07) is 10.5. The number of esters is 1. The number of ether oxygens (including phenoxy) is 2. The van der Waals surface area contributed by atoms with Gasteiger partial charge < -0.3 is 25.6 Å². The predicted molar refractivity (Wildman–Crippen MR) is 117 cm³/mol. The molecule has 9 heteroatoms. The fourth-order valence-corrected chi connectivity index (χ4v) is 2.73. The van der Waals surface area contributed by atoms with Crippen molar-refractivity contribution in [1.82, 2.24) is 0 Å². The zero-order valence-electron chi connectivity index (χ0n) is 16.8. The van der Waals surface area contributed by atoms with Gasteiger partial charge in [0.1, 0.15) is 18.2 Å². The Morgan fingerprint density at radius 3 is 2.33 bits per heavy atom. The van der Waals surface area contributed by atoms with Gasteiger partial charge in [-0.15, -0.1) is 12.4 Å². The monoisotopic (exact) mass is 435 g/mol. The molecule has 0 fully saturated rings. The first-order valence-corrected chi connectivity index (χ1v) is 9.10. The van der Waals surface area contributed by atoms with Crippen LogP contribution in [0.2, 0.25) is 0 Å². The quantitative estimate of drug-likeness (QED) is 0.195. The lowest BCUT2D eigenvalue weighted by Gasteiger charge is -2.22. The predicted octanol–water partition coefficient (Wildman–Crippen LogP) is 2.68. The van der Waals surface area contributed by atoms with Gasteiger partial charge in [-0.25, -0.2) is 4.79 Å². The van der Waals surface area contributed by atoms with Crippen molar-refractivity contribution in [3.05, 3.63) is 59.2 Å². The fraction of sp³-hybridized carbons (Fsp3) is 0.286. The molecule has 0 bridgehead atoms. The summed E-state index contributed by atoms with van der Waals surface area (Å²) in [7, 11) is 1.27. The molecule has 0 aliphatic rings. The largest absolute Gasteiger partial charge is 0.491 e. The molecule has 30 heavy (non-hydrogen) atoms. The van der Waals surface area contributed by atoms with E-state index in [0.717, 1.165) is 0 Å². The van der Waals surface area contributed by atoms with Crippen LogP contribution in [-0.2, 0) is 9.53 Å². The van der Waals surface area contributed by atoms with Crippen LogP contribution in [0.15, 0.2) is 42.5 Å². The Labute approximate surface area is 181 Å². The Morgan fingerprint density at radius 1 is 1.17 bits per heavy atom. The first kappa shape index (κ1) is 24.9. The fourth-order valence-electron chi connectivity index (χ4n) is 2.73. The zero-order chi connectivity index (χ0) is 21.4. The van der Waals surface area contributed by atoms with E-state index in [1.807, 2.05) is 0 Å². The summed E-state index contributed by atoms with van der Waals surface area (Å²) in [5.74, 6) is -0.355. The maximum atomic E-state index is 12.5. The number of rotatable bonds is 10. The van der Waals surface area contributed by atoms with Crippen molar-refractivity contribution in [1.29, 1.82) is 5.41 Å². The smallest absolute Gasteiger partial charge is 0.333 e. The van der Waals surface area contributed by atoms with Crippen molar-refractivity contribution >= 4 is 35.7 Å². The van der Waals surface area contributed by atoms with Crippen LogP contribution in [0.4, 0.5) is 5.69 Å². The number of anilines is 1. The maximum Gasteiger partial charge on any atom is 0.333 e. The highest BCUT2D eigenvalue weighted by Crippen LogP contribution is 2.31. The number of ketones is 1. The van der Waals surface area contributed by atoms with E-state index in [-0.39, 0.29) is 37.2 Å². The van der Waals surface area contributed by atoms with Gasteiger partial charge in [0, 0.05) is 28.8 Å². The minimum atomic E-state index is -0.957. The summed E-state index contributed by atoms with van der Waals surface area (Å²) >= 11 is 0. The molecule has 2 aromatic rings. The Kier molecular flexibility index (Phi) is 9.80. The molecule has 0 radical (unpaired) electrons. The molecular formula is C21H26ClN3O5. The van der Waals surface area contributed by atoms with Gasteiger partial charge in [0.2, 0.25) is 0 Å². The summed E-state index contributed by atoms with van der Waals surface area (Å²) < 4.78 is 10.5. The van der Waals surface area contributed by atoms with Gasteiger partial charge in [-0.1, -0.05) is 6.92 Å². The number of hydrogen-bond donors (Lipinski definition) is 4. The minimum Gasteiger partial charge on any atom is -0.491 e. The molecule has 0 saturated heterocycles. The Hall–Kier alpha value is -3.10. The van der Waals surface area contributed by atoms with E-state index in [9.17, 15) is 9.59 Å². The van der Waals surface area contributed by atoms with Crippen molar-refractivity contribution in [2.24, 2.45) is 5.73 Å². The Bertz CT molecular complexity index is 887. The number of nitrogens with two attached hydrogens (primary N) is 1. The van der Waals surface area contributed by atoms with Crippen molar-refractivity contribution in [3.8, 4) is 5.75 Å². The van der Waals surface area contributed by atoms with Crippen molar-refractivity contribution in [3.63, 3.8) is 0 Å². The highest BCUT2D eigenvalue weighted by Gasteiger charge is 2.26. The number of aliphatic hydroxyl groups excluding tert-OH is 1. The van der Waals surface area contributed by atoms with Crippen LogP contribution in [0.3, 0.4) is 0 Å². The molecular weight excluding hydrogens is 410 g/mol. The van der Waals surface area contributed by atoms with Gasteiger partial charge in [0.05, 0.1) is 13.7 Å². The molecule has 1 atom stereocenters. The van der Waals surface area contributed by atoms with E-state index in [1.54, 1.807) is 49.4 Å². The molecule has 2 aromatic carbocycles. The molecule has 0 saturated carbocycles. The number of carbonyl (C=O) groups is 2. The normalized spacial score (nSPS) is 11.0. The molecule has 0 heterocycles. The second-order valence-electron chi connectivity index (χ2n) is 6.19. The molecule has 0 aliphatic heterocycles. The lowest BCUT2D eigenvalue weighted by atomic mass is 9.99. The summed E-state index contributed by atoms with van der Waals surface area (Å²) in [4.78, 5) is 24.7. The number of aliphatic hydroxyl groups is 1. The van der Waals surface area contributed by atoms with E-state index in [1.165, 1.54) is 7.11 Å². The van der Waals surface area contributed by atoms with Crippen LogP contribution in [0.1, 0.15) is 40.9 Å². The van der Waals surface area contributed by atoms with E-state index in [2.05, 4.69) is 5.32 Å². The topological polar surface area (TPSA) is 135 Å². The molecule has 1 unspecified atom stereocenters. The number of Topliss-reactive ketones (excluding diaryl/α,β-unsaturated/α-hetero) is 1. The first-order valence-electron chi connectivity index (χ1n) is 9.10. The number of amidine groups is 1. The third-order valence-electron chi connectivity index (χ3n) is 4.26. The highest BCUT2D eigenvalue weighted by molar-refractivity contribution is 5.97. The Balaban J connectivity index is 0.00000450. The average molecular weight is 436 g/mol. The average Bonchev–Trinajstić information content (AvgIpc) is 2.75. The van der Waals surface area contributed by atoms with E-state index < -0.39 is 12.0 Å². The summed E-state index contributed by atoms with van der Waals surface area (Å²) in [5, 5.41) is 19.6. The zero-order valence-corrected chi connectivity index (χ0v) is 17.6. The minimum absolute atomic E-state index is 0. The summed E-state index contributed by atoms with van der Waals surface area (Å²) in [5.41, 5.74) is 7.47. The third kappa shape index (κ3) is 6.20. The van der Waals surface area contributed by atoms with Gasteiger partial charge in [0.25, 0.3) is 0 Å². The highest BCUT2D eigenvalue weighted by atomic mass is 35.5. The van der Waals surface area contributed by atoms with Gasteiger partial charge in [0.15, 0.2) is 11.8 Å². The number of carbonyl (C=O) groups excluding carboxylic acids is 2. The van der Waals surface area contributed by atoms with E-state index >= 15 is 0 Å². The molecule has 0 aliphatic carbocycles. The van der Waals surface area contributed by atoms with Crippen LogP contribution in [-0.4, -0.2) is 43.0 Å². The molecule has 0 aromatic heterocycles. The number of methoxy groups -OCH3 is 1. The van der Waals surface area contributed by atoms with Crippen molar-refractivity contribution in [2.45, 2.75) is 19.4 Å². The maximum absolute atomic E-state index is 12.5. The van der Waals surface area contributed by atoms with Crippen molar-refractivity contribution < 1.29 is 24.2 Å². The summed E-state index contributed by atoms with van der Waals surface area (Å²) in [6.45, 7) is 1.60. The lowest BCUT2D eigenvalue weighted by Crippen LogP contribution is -2.24.